The number of ketones is 1. The van der Waals surface area contributed by atoms with Crippen molar-refractivity contribution in [2.24, 2.45) is 0 Å². The number of imidazole rings is 1. The third-order valence-electron chi connectivity index (χ3n) is 4.91. The minimum Gasteiger partial charge on any atom is -0.298 e. The lowest BCUT2D eigenvalue weighted by Crippen LogP contribution is -1.98. The van der Waals surface area contributed by atoms with E-state index in [1.165, 1.54) is 16.9 Å². The van der Waals surface area contributed by atoms with Crippen LogP contribution in [0.5, 0.6) is 0 Å². The SMILES string of the molecule is O=C(c1ccc(Cl)cc1)c1sc(SCCc2ccccc2)c2c1nc1ccccn12. The van der Waals surface area contributed by atoms with E-state index < -0.39 is 0 Å². The third-order valence-corrected chi connectivity index (χ3v) is 7.59. The van der Waals surface area contributed by atoms with Gasteiger partial charge in [-0.25, -0.2) is 4.98 Å². The van der Waals surface area contributed by atoms with Gasteiger partial charge in [0.15, 0.2) is 0 Å². The highest BCUT2D eigenvalue weighted by Crippen LogP contribution is 2.40. The molecule has 0 spiro atoms. The Labute approximate surface area is 187 Å². The Morgan fingerprint density at radius 3 is 2.57 bits per heavy atom. The lowest BCUT2D eigenvalue weighted by molar-refractivity contribution is 0.104. The van der Waals surface area contributed by atoms with Crippen LogP contribution in [-0.2, 0) is 6.42 Å². The first-order valence-electron chi connectivity index (χ1n) is 9.57. The van der Waals surface area contributed by atoms with Crippen molar-refractivity contribution >= 4 is 57.2 Å². The van der Waals surface area contributed by atoms with E-state index in [2.05, 4.69) is 28.7 Å². The van der Waals surface area contributed by atoms with Crippen LogP contribution in [0.1, 0.15) is 20.8 Å². The summed E-state index contributed by atoms with van der Waals surface area (Å²) >= 11 is 9.31. The molecule has 3 nitrogen and oxygen atoms in total. The summed E-state index contributed by atoms with van der Waals surface area (Å²) in [6, 6.07) is 23.4. The first-order chi connectivity index (χ1) is 14.7. The zero-order chi connectivity index (χ0) is 20.5. The average Bonchev–Trinajstić information content (AvgIpc) is 3.32. The molecule has 0 bridgehead atoms. The second kappa shape index (κ2) is 8.26. The molecule has 0 radical (unpaired) electrons. The van der Waals surface area contributed by atoms with Crippen LogP contribution >= 0.6 is 34.7 Å². The van der Waals surface area contributed by atoms with Crippen molar-refractivity contribution in [1.29, 1.82) is 0 Å². The third kappa shape index (κ3) is 3.65. The molecule has 0 aliphatic heterocycles. The topological polar surface area (TPSA) is 34.4 Å². The van der Waals surface area contributed by atoms with Crippen LogP contribution in [0.15, 0.2) is 83.2 Å². The van der Waals surface area contributed by atoms with E-state index in [1.807, 2.05) is 30.5 Å². The summed E-state index contributed by atoms with van der Waals surface area (Å²) in [6.45, 7) is 0. The van der Waals surface area contributed by atoms with Gasteiger partial charge in [0, 0.05) is 22.5 Å². The summed E-state index contributed by atoms with van der Waals surface area (Å²) in [4.78, 5) is 18.7. The highest BCUT2D eigenvalue weighted by atomic mass is 35.5. The van der Waals surface area contributed by atoms with Crippen LogP contribution in [0.3, 0.4) is 0 Å². The molecular formula is C24H17ClN2OS2. The largest absolute Gasteiger partial charge is 0.298 e. The highest BCUT2D eigenvalue weighted by Gasteiger charge is 2.23. The van der Waals surface area contributed by atoms with Gasteiger partial charge in [0.05, 0.1) is 9.73 Å². The molecule has 0 N–H and O–H groups in total. The number of halogens is 1. The Bertz CT molecular complexity index is 1340. The maximum Gasteiger partial charge on any atom is 0.205 e. The summed E-state index contributed by atoms with van der Waals surface area (Å²) in [5.74, 6) is 0.925. The number of fused-ring (bicyclic) bond motifs is 3. The minimum absolute atomic E-state index is 0.0139. The van der Waals surface area contributed by atoms with Crippen LogP contribution in [0.2, 0.25) is 5.02 Å². The number of nitrogens with zero attached hydrogens (tertiary/aromatic N) is 2. The van der Waals surface area contributed by atoms with Crippen LogP contribution < -0.4 is 0 Å². The van der Waals surface area contributed by atoms with Gasteiger partial charge in [-0.05, 0) is 48.4 Å². The van der Waals surface area contributed by atoms with E-state index >= 15 is 0 Å². The second-order valence-corrected chi connectivity index (χ2v) is 9.70. The number of carbonyl (C=O) groups is 1. The van der Waals surface area contributed by atoms with Crippen molar-refractivity contribution in [1.82, 2.24) is 9.38 Å². The minimum atomic E-state index is -0.0139. The molecule has 0 atom stereocenters. The van der Waals surface area contributed by atoms with Crippen molar-refractivity contribution in [3.63, 3.8) is 0 Å². The molecule has 0 fully saturated rings. The van der Waals surface area contributed by atoms with Crippen molar-refractivity contribution in [3.05, 3.63) is 100 Å². The number of thioether (sulfide) groups is 1. The summed E-state index contributed by atoms with van der Waals surface area (Å²) in [7, 11) is 0. The molecule has 0 saturated heterocycles. The molecule has 148 valence electrons. The number of benzene rings is 2. The van der Waals surface area contributed by atoms with Crippen molar-refractivity contribution in [3.8, 4) is 0 Å². The monoisotopic (exact) mass is 448 g/mol. The zero-order valence-electron chi connectivity index (χ0n) is 15.9. The first kappa shape index (κ1) is 19.4. The van der Waals surface area contributed by atoms with Gasteiger partial charge in [-0.1, -0.05) is 48.0 Å². The normalized spacial score (nSPS) is 11.4. The van der Waals surface area contributed by atoms with E-state index in [1.54, 1.807) is 36.0 Å². The Kier molecular flexibility index (Phi) is 5.34. The summed E-state index contributed by atoms with van der Waals surface area (Å²) in [5.41, 5.74) is 4.58. The molecule has 2 aromatic carbocycles. The quantitative estimate of drug-likeness (QED) is 0.212. The van der Waals surface area contributed by atoms with Gasteiger partial charge in [0.2, 0.25) is 5.78 Å². The Hall–Kier alpha value is -2.60. The molecule has 6 heteroatoms. The summed E-state index contributed by atoms with van der Waals surface area (Å²) < 4.78 is 3.20. The number of aryl methyl sites for hydroxylation is 1. The lowest BCUT2D eigenvalue weighted by Gasteiger charge is -2.02. The van der Waals surface area contributed by atoms with Gasteiger partial charge < -0.3 is 0 Å². The molecule has 0 aliphatic carbocycles. The van der Waals surface area contributed by atoms with Crippen molar-refractivity contribution in [2.45, 2.75) is 10.6 Å². The number of pyridine rings is 1. The van der Waals surface area contributed by atoms with Crippen molar-refractivity contribution in [2.75, 3.05) is 5.75 Å². The van der Waals surface area contributed by atoms with Crippen LogP contribution in [-0.4, -0.2) is 20.9 Å². The first-order valence-corrected chi connectivity index (χ1v) is 11.8. The van der Waals surface area contributed by atoms with Gasteiger partial charge in [0.1, 0.15) is 16.0 Å². The number of hydrogen-bond acceptors (Lipinski definition) is 4. The van der Waals surface area contributed by atoms with Gasteiger partial charge in [-0.15, -0.1) is 23.1 Å². The van der Waals surface area contributed by atoms with E-state index in [0.717, 1.165) is 33.1 Å². The van der Waals surface area contributed by atoms with E-state index in [9.17, 15) is 4.79 Å². The van der Waals surface area contributed by atoms with E-state index in [4.69, 9.17) is 16.6 Å². The molecule has 3 aromatic heterocycles. The smallest absolute Gasteiger partial charge is 0.205 e. The average molecular weight is 449 g/mol. The van der Waals surface area contributed by atoms with E-state index in [-0.39, 0.29) is 5.78 Å². The van der Waals surface area contributed by atoms with Gasteiger partial charge in [0.25, 0.3) is 0 Å². The fourth-order valence-corrected chi connectivity index (χ4v) is 6.07. The predicted molar refractivity (Wildman–Crippen MR) is 126 cm³/mol. The second-order valence-electron chi connectivity index (χ2n) is 6.88. The molecule has 0 aliphatic rings. The molecule has 0 saturated carbocycles. The fraction of sp³-hybridized carbons (Fsp3) is 0.0833. The van der Waals surface area contributed by atoms with Crippen molar-refractivity contribution < 1.29 is 4.79 Å². The highest BCUT2D eigenvalue weighted by molar-refractivity contribution is 8.01. The van der Waals surface area contributed by atoms with Gasteiger partial charge >= 0.3 is 0 Å². The molecule has 5 aromatic rings. The van der Waals surface area contributed by atoms with Crippen LogP contribution in [0, 0.1) is 0 Å². The Morgan fingerprint density at radius 1 is 1.00 bits per heavy atom. The molecule has 30 heavy (non-hydrogen) atoms. The Morgan fingerprint density at radius 2 is 1.77 bits per heavy atom. The molecule has 0 amide bonds. The molecule has 0 unspecified atom stereocenters. The van der Waals surface area contributed by atoms with Gasteiger partial charge in [-0.2, -0.15) is 0 Å². The van der Waals surface area contributed by atoms with Crippen LogP contribution in [0.4, 0.5) is 0 Å². The fourth-order valence-electron chi connectivity index (χ4n) is 3.43. The maximum absolute atomic E-state index is 13.3. The number of rotatable bonds is 6. The number of carbonyl (C=O) groups excluding carboxylic acids is 1. The number of aromatic nitrogens is 2. The lowest BCUT2D eigenvalue weighted by atomic mass is 10.1. The molecule has 5 rings (SSSR count). The number of hydrogen-bond donors (Lipinski definition) is 0. The Balaban J connectivity index is 1.54. The predicted octanol–water partition coefficient (Wildman–Crippen LogP) is 6.77. The van der Waals surface area contributed by atoms with Crippen LogP contribution in [0.25, 0.3) is 16.7 Å². The standard InChI is InChI=1S/C24H17ClN2OS2/c25-18-11-9-17(10-12-18)22(28)23-20-21(27-14-5-4-8-19(27)26-20)24(30-23)29-15-13-16-6-2-1-3-7-16/h1-12,14H,13,15H2. The zero-order valence-corrected chi connectivity index (χ0v) is 18.3. The molecular weight excluding hydrogens is 432 g/mol. The summed E-state index contributed by atoms with van der Waals surface area (Å²) in [6.07, 6.45) is 2.98. The number of thiophene rings is 1. The van der Waals surface area contributed by atoms with Gasteiger partial charge in [-0.3, -0.25) is 9.20 Å². The molecule has 3 heterocycles. The van der Waals surface area contributed by atoms with E-state index in [0.29, 0.717) is 15.5 Å². The summed E-state index contributed by atoms with van der Waals surface area (Å²) in [5, 5.41) is 0.618. The maximum atomic E-state index is 13.3.